The molecular formula is C27H34FN5O2S. The molecule has 192 valence electrons. The zero-order valence-electron chi connectivity index (χ0n) is 20.8. The number of hydrogen-bond donors (Lipinski definition) is 1. The number of halogens is 1. The third-order valence-electron chi connectivity index (χ3n) is 7.71. The Hall–Kier alpha value is -2.20. The largest absolute Gasteiger partial charge is 0.385 e. The highest BCUT2D eigenvalue weighted by molar-refractivity contribution is 8.00. The van der Waals surface area contributed by atoms with Gasteiger partial charge in [-0.3, -0.25) is 0 Å². The van der Waals surface area contributed by atoms with Gasteiger partial charge in [-0.05, 0) is 56.5 Å². The van der Waals surface area contributed by atoms with Crippen LogP contribution in [0.25, 0.3) is 22.3 Å². The summed E-state index contributed by atoms with van der Waals surface area (Å²) in [6.45, 7) is 7.26. The van der Waals surface area contributed by atoms with Gasteiger partial charge in [-0.15, -0.1) is 11.8 Å². The van der Waals surface area contributed by atoms with E-state index in [0.29, 0.717) is 24.3 Å². The number of methoxy groups -OCH3 is 1. The van der Waals surface area contributed by atoms with Crippen LogP contribution in [-0.2, 0) is 15.9 Å². The number of ether oxygens (including phenoxy) is 2. The van der Waals surface area contributed by atoms with Crippen LogP contribution in [0.5, 0.6) is 0 Å². The summed E-state index contributed by atoms with van der Waals surface area (Å²) in [5.74, 6) is 2.10. The quantitative estimate of drug-likeness (QED) is 0.505. The van der Waals surface area contributed by atoms with Crippen molar-refractivity contribution in [3.8, 4) is 11.4 Å². The minimum Gasteiger partial charge on any atom is -0.385 e. The zero-order chi connectivity index (χ0) is 24.5. The maximum Gasteiger partial charge on any atom is 0.162 e. The van der Waals surface area contributed by atoms with E-state index in [-0.39, 0.29) is 5.82 Å². The fraction of sp³-hybridized carbons (Fsp3) is 0.556. The maximum atomic E-state index is 14.5. The van der Waals surface area contributed by atoms with Gasteiger partial charge in [0.05, 0.1) is 23.8 Å². The summed E-state index contributed by atoms with van der Waals surface area (Å²) in [5.41, 5.74) is 2.61. The Kier molecular flexibility index (Phi) is 7.15. The lowest BCUT2D eigenvalue weighted by Gasteiger charge is -2.33. The summed E-state index contributed by atoms with van der Waals surface area (Å²) in [6, 6.07) is 5.07. The minimum atomic E-state index is -0.280. The van der Waals surface area contributed by atoms with Crippen molar-refractivity contribution in [1.82, 2.24) is 19.9 Å². The summed E-state index contributed by atoms with van der Waals surface area (Å²) >= 11 is 1.93. The van der Waals surface area contributed by atoms with E-state index in [1.165, 1.54) is 30.2 Å². The number of likely N-dealkylation sites (tertiary alicyclic amines) is 1. The van der Waals surface area contributed by atoms with Crippen molar-refractivity contribution in [3.05, 3.63) is 35.9 Å². The van der Waals surface area contributed by atoms with Crippen LogP contribution in [0.1, 0.15) is 25.0 Å². The molecule has 1 aromatic carbocycles. The number of nitrogens with one attached hydrogen (secondary N) is 1. The van der Waals surface area contributed by atoms with E-state index in [0.717, 1.165) is 79.6 Å². The molecule has 9 heteroatoms. The van der Waals surface area contributed by atoms with Crippen LogP contribution in [0.4, 0.5) is 10.2 Å². The third kappa shape index (κ3) is 4.98. The Morgan fingerprint density at radius 2 is 2.00 bits per heavy atom. The summed E-state index contributed by atoms with van der Waals surface area (Å²) in [5, 5.41) is 1.41. The first-order valence-electron chi connectivity index (χ1n) is 13.1. The number of morpholine rings is 1. The summed E-state index contributed by atoms with van der Waals surface area (Å²) in [6.07, 6.45) is 6.44. The van der Waals surface area contributed by atoms with Gasteiger partial charge in [-0.2, -0.15) is 0 Å². The van der Waals surface area contributed by atoms with Crippen molar-refractivity contribution in [1.29, 1.82) is 0 Å². The highest BCUT2D eigenvalue weighted by atomic mass is 32.2. The van der Waals surface area contributed by atoms with Crippen molar-refractivity contribution >= 4 is 28.5 Å². The molecule has 2 saturated heterocycles. The van der Waals surface area contributed by atoms with Crippen LogP contribution in [-0.4, -0.2) is 84.8 Å². The molecule has 36 heavy (non-hydrogen) atoms. The number of H-pyrrole nitrogens is 1. The van der Waals surface area contributed by atoms with Crippen LogP contribution < -0.4 is 4.90 Å². The summed E-state index contributed by atoms with van der Waals surface area (Å²) in [4.78, 5) is 19.4. The molecule has 1 N–H and O–H groups in total. The molecule has 3 aliphatic rings. The monoisotopic (exact) mass is 511 g/mol. The lowest BCUT2D eigenvalue weighted by atomic mass is 9.94. The van der Waals surface area contributed by atoms with Crippen LogP contribution >= 0.6 is 11.8 Å². The molecule has 0 saturated carbocycles. The van der Waals surface area contributed by atoms with Crippen LogP contribution in [0.15, 0.2) is 29.3 Å². The first-order valence-corrected chi connectivity index (χ1v) is 13.9. The van der Waals surface area contributed by atoms with Crippen LogP contribution in [0.2, 0.25) is 0 Å². The van der Waals surface area contributed by atoms with Gasteiger partial charge in [0.15, 0.2) is 5.82 Å². The summed E-state index contributed by atoms with van der Waals surface area (Å²) < 4.78 is 25.4. The van der Waals surface area contributed by atoms with Gasteiger partial charge in [0, 0.05) is 67.7 Å². The average molecular weight is 512 g/mol. The standard InChI is InChI=1S/C27H34FN5O2S/c1-34-11-5-18-3-7-32(8-4-18)17-20-16-24-25(36-20)27(33-9-12-35-13-10-33)31-26(30-24)22-14-19(28)15-23-21(22)2-6-29-23/h2,6,14-15,18,20,29H,3-5,7-13,16-17H2,1H3. The molecule has 0 bridgehead atoms. The molecular weight excluding hydrogens is 477 g/mol. The summed E-state index contributed by atoms with van der Waals surface area (Å²) in [7, 11) is 1.79. The molecule has 1 atom stereocenters. The van der Waals surface area contributed by atoms with E-state index in [1.807, 2.05) is 24.0 Å². The number of anilines is 1. The fourth-order valence-corrected chi connectivity index (χ4v) is 7.13. The lowest BCUT2D eigenvalue weighted by molar-refractivity contribution is 0.122. The van der Waals surface area contributed by atoms with Crippen molar-refractivity contribution in [2.45, 2.75) is 35.8 Å². The first kappa shape index (κ1) is 24.2. The number of benzene rings is 1. The topological polar surface area (TPSA) is 66.5 Å². The number of aromatic nitrogens is 3. The van der Waals surface area contributed by atoms with Crippen molar-refractivity contribution < 1.29 is 13.9 Å². The highest BCUT2D eigenvalue weighted by Crippen LogP contribution is 2.44. The third-order valence-corrected chi connectivity index (χ3v) is 9.01. The number of thioether (sulfide) groups is 1. The molecule has 2 fully saturated rings. The van der Waals surface area contributed by atoms with Gasteiger partial charge in [-0.25, -0.2) is 14.4 Å². The number of aromatic amines is 1. The second-order valence-corrected chi connectivity index (χ2v) is 11.4. The molecule has 3 aromatic rings. The number of fused-ring (bicyclic) bond motifs is 2. The molecule has 1 unspecified atom stereocenters. The average Bonchev–Trinajstić information content (AvgIpc) is 3.54. The second-order valence-electron chi connectivity index (χ2n) is 10.1. The van der Waals surface area contributed by atoms with Crippen molar-refractivity contribution in [3.63, 3.8) is 0 Å². The number of nitrogens with zero attached hydrogens (tertiary/aromatic N) is 4. The predicted molar refractivity (Wildman–Crippen MR) is 141 cm³/mol. The van der Waals surface area contributed by atoms with E-state index in [2.05, 4.69) is 14.8 Å². The van der Waals surface area contributed by atoms with Gasteiger partial charge < -0.3 is 24.3 Å². The van der Waals surface area contributed by atoms with Crippen LogP contribution in [0, 0.1) is 11.7 Å². The molecule has 6 rings (SSSR count). The smallest absolute Gasteiger partial charge is 0.162 e. The number of rotatable bonds is 7. The zero-order valence-corrected chi connectivity index (χ0v) is 21.7. The second kappa shape index (κ2) is 10.7. The molecule has 0 aliphatic carbocycles. The van der Waals surface area contributed by atoms with E-state index in [1.54, 1.807) is 13.2 Å². The van der Waals surface area contributed by atoms with Crippen molar-refractivity contribution in [2.75, 3.05) is 64.6 Å². The number of hydrogen-bond acceptors (Lipinski definition) is 7. The van der Waals surface area contributed by atoms with Gasteiger partial charge in [0.1, 0.15) is 11.6 Å². The van der Waals surface area contributed by atoms with E-state index in [4.69, 9.17) is 19.4 Å². The van der Waals surface area contributed by atoms with Crippen molar-refractivity contribution in [2.24, 2.45) is 5.92 Å². The highest BCUT2D eigenvalue weighted by Gasteiger charge is 2.33. The van der Waals surface area contributed by atoms with Gasteiger partial charge in [0.25, 0.3) is 0 Å². The Morgan fingerprint density at radius 1 is 1.17 bits per heavy atom. The van der Waals surface area contributed by atoms with Crippen LogP contribution in [0.3, 0.4) is 0 Å². The Labute approximate surface area is 215 Å². The first-order chi connectivity index (χ1) is 17.7. The SMILES string of the molecule is COCCC1CCN(CC2Cc3nc(-c4cc(F)cc5[nH]ccc45)nc(N4CCOCC4)c3S2)CC1. The predicted octanol–water partition coefficient (Wildman–Crippen LogP) is 4.37. The molecule has 0 amide bonds. The number of piperidine rings is 1. The maximum absolute atomic E-state index is 14.5. The van der Waals surface area contributed by atoms with Gasteiger partial charge in [0.2, 0.25) is 0 Å². The van der Waals surface area contributed by atoms with E-state index in [9.17, 15) is 4.39 Å². The molecule has 0 spiro atoms. The van der Waals surface area contributed by atoms with E-state index < -0.39 is 0 Å². The Bertz CT molecular complexity index is 1210. The van der Waals surface area contributed by atoms with E-state index >= 15 is 0 Å². The van der Waals surface area contributed by atoms with Gasteiger partial charge >= 0.3 is 0 Å². The molecule has 3 aliphatic heterocycles. The fourth-order valence-electron chi connectivity index (χ4n) is 5.73. The lowest BCUT2D eigenvalue weighted by Crippen LogP contribution is -2.38. The van der Waals surface area contributed by atoms with Gasteiger partial charge in [-0.1, -0.05) is 0 Å². The molecule has 5 heterocycles. The molecule has 2 aromatic heterocycles. The Balaban J connectivity index is 1.26. The molecule has 7 nitrogen and oxygen atoms in total. The normalized spacial score (nSPS) is 21.4. The minimum absolute atomic E-state index is 0.280. The Morgan fingerprint density at radius 3 is 2.81 bits per heavy atom. The molecule has 0 radical (unpaired) electrons.